The van der Waals surface area contributed by atoms with Crippen molar-refractivity contribution in [2.24, 2.45) is 0 Å². The molecule has 0 aliphatic rings. The number of nitrogens with zero attached hydrogens (tertiary/aromatic N) is 2. The van der Waals surface area contributed by atoms with E-state index in [4.69, 9.17) is 23.2 Å². The van der Waals surface area contributed by atoms with Crippen molar-refractivity contribution in [2.45, 2.75) is 12.6 Å². The monoisotopic (exact) mass is 382 g/mol. The van der Waals surface area contributed by atoms with Crippen LogP contribution in [0.4, 0.5) is 0 Å². The Labute approximate surface area is 161 Å². The second-order valence-electron chi connectivity index (χ2n) is 6.09. The molecular weight excluding hydrogens is 367 g/mol. The summed E-state index contributed by atoms with van der Waals surface area (Å²) in [7, 11) is 0. The fourth-order valence-corrected chi connectivity index (χ4v) is 3.54. The van der Waals surface area contributed by atoms with Gasteiger partial charge in [0.05, 0.1) is 17.6 Å². The van der Waals surface area contributed by atoms with E-state index in [1.165, 1.54) is 0 Å². The van der Waals surface area contributed by atoms with Gasteiger partial charge in [-0.1, -0.05) is 71.7 Å². The number of hydrogen-bond donors (Lipinski definition) is 1. The van der Waals surface area contributed by atoms with E-state index in [1.54, 1.807) is 6.07 Å². The Morgan fingerprint density at radius 2 is 1.65 bits per heavy atom. The Bertz CT molecular complexity index is 1060. The predicted molar refractivity (Wildman–Crippen MR) is 106 cm³/mol. The summed E-state index contributed by atoms with van der Waals surface area (Å²) in [5.41, 5.74) is 3.50. The van der Waals surface area contributed by atoms with Crippen molar-refractivity contribution >= 4 is 34.2 Å². The van der Waals surface area contributed by atoms with Crippen LogP contribution in [0, 0.1) is 0 Å². The molecule has 4 aromatic rings. The maximum atomic E-state index is 10.9. The zero-order chi connectivity index (χ0) is 18.1. The van der Waals surface area contributed by atoms with Crippen molar-refractivity contribution in [2.75, 3.05) is 0 Å². The highest BCUT2D eigenvalue weighted by Gasteiger charge is 2.20. The molecule has 3 nitrogen and oxygen atoms in total. The largest absolute Gasteiger partial charge is 0.380 e. The van der Waals surface area contributed by atoms with E-state index in [0.717, 1.165) is 22.2 Å². The summed E-state index contributed by atoms with van der Waals surface area (Å²) in [6.45, 7) is 0.496. The number of aliphatic hydroxyl groups is 1. The minimum Gasteiger partial charge on any atom is -0.380 e. The van der Waals surface area contributed by atoms with Crippen LogP contribution < -0.4 is 0 Å². The third-order valence-corrected chi connectivity index (χ3v) is 4.97. The first-order chi connectivity index (χ1) is 12.6. The Morgan fingerprint density at radius 1 is 0.923 bits per heavy atom. The van der Waals surface area contributed by atoms with E-state index >= 15 is 0 Å². The SMILES string of the molecule is OC(c1ccccc1)c1nc2ccccc2n1Cc1ccc(Cl)cc1Cl. The molecule has 1 atom stereocenters. The average molecular weight is 383 g/mol. The fourth-order valence-electron chi connectivity index (χ4n) is 3.07. The van der Waals surface area contributed by atoms with Crippen LogP contribution >= 0.6 is 23.2 Å². The van der Waals surface area contributed by atoms with Crippen molar-refractivity contribution in [1.82, 2.24) is 9.55 Å². The highest BCUT2D eigenvalue weighted by molar-refractivity contribution is 6.35. The number of aromatic nitrogens is 2. The van der Waals surface area contributed by atoms with Gasteiger partial charge in [0.25, 0.3) is 0 Å². The molecule has 1 aromatic heterocycles. The molecule has 0 bridgehead atoms. The lowest BCUT2D eigenvalue weighted by Crippen LogP contribution is -2.11. The number of aliphatic hydroxyl groups excluding tert-OH is 1. The van der Waals surface area contributed by atoms with E-state index in [9.17, 15) is 5.11 Å². The van der Waals surface area contributed by atoms with Gasteiger partial charge in [0.2, 0.25) is 0 Å². The van der Waals surface area contributed by atoms with Gasteiger partial charge in [-0.15, -0.1) is 0 Å². The molecular formula is C21H16Cl2N2O. The zero-order valence-electron chi connectivity index (χ0n) is 13.8. The van der Waals surface area contributed by atoms with E-state index in [0.29, 0.717) is 22.4 Å². The van der Waals surface area contributed by atoms with Gasteiger partial charge in [-0.3, -0.25) is 0 Å². The van der Waals surface area contributed by atoms with Crippen LogP contribution in [0.25, 0.3) is 11.0 Å². The van der Waals surface area contributed by atoms with E-state index in [1.807, 2.05) is 71.3 Å². The smallest absolute Gasteiger partial charge is 0.143 e. The summed E-state index contributed by atoms with van der Waals surface area (Å²) in [5, 5.41) is 12.1. The quantitative estimate of drug-likeness (QED) is 0.507. The first kappa shape index (κ1) is 17.1. The van der Waals surface area contributed by atoms with Gasteiger partial charge >= 0.3 is 0 Å². The Hall–Kier alpha value is -2.33. The second kappa shape index (κ2) is 7.12. The summed E-state index contributed by atoms with van der Waals surface area (Å²) in [6.07, 6.45) is -0.824. The van der Waals surface area contributed by atoms with Crippen molar-refractivity contribution in [3.05, 3.63) is 99.8 Å². The van der Waals surface area contributed by atoms with Gasteiger partial charge < -0.3 is 9.67 Å². The topological polar surface area (TPSA) is 38.1 Å². The van der Waals surface area contributed by atoms with E-state index in [2.05, 4.69) is 4.98 Å². The summed E-state index contributed by atoms with van der Waals surface area (Å²) >= 11 is 12.4. The van der Waals surface area contributed by atoms with Gasteiger partial charge in [-0.25, -0.2) is 4.98 Å². The molecule has 0 saturated heterocycles. The number of rotatable bonds is 4. The van der Waals surface area contributed by atoms with Crippen molar-refractivity contribution in [3.8, 4) is 0 Å². The predicted octanol–water partition coefficient (Wildman–Crippen LogP) is 5.47. The molecule has 0 fully saturated rings. The molecule has 0 radical (unpaired) electrons. The molecule has 1 unspecified atom stereocenters. The molecule has 130 valence electrons. The lowest BCUT2D eigenvalue weighted by Gasteiger charge is -2.15. The van der Waals surface area contributed by atoms with Crippen LogP contribution in [-0.4, -0.2) is 14.7 Å². The van der Waals surface area contributed by atoms with Crippen molar-refractivity contribution in [1.29, 1.82) is 0 Å². The number of fused-ring (bicyclic) bond motifs is 1. The maximum Gasteiger partial charge on any atom is 0.143 e. The van der Waals surface area contributed by atoms with Crippen LogP contribution in [0.5, 0.6) is 0 Å². The highest BCUT2D eigenvalue weighted by Crippen LogP contribution is 2.28. The van der Waals surface area contributed by atoms with Crippen LogP contribution in [-0.2, 0) is 6.54 Å². The maximum absolute atomic E-state index is 10.9. The molecule has 26 heavy (non-hydrogen) atoms. The standard InChI is InChI=1S/C21H16Cl2N2O/c22-16-11-10-15(17(23)12-16)13-25-19-9-5-4-8-18(19)24-21(25)20(26)14-6-2-1-3-7-14/h1-12,20,26H,13H2. The van der Waals surface area contributed by atoms with Crippen LogP contribution in [0.15, 0.2) is 72.8 Å². The summed E-state index contributed by atoms with van der Waals surface area (Å²) in [5.74, 6) is 0.586. The number of para-hydroxylation sites is 2. The Kier molecular flexibility index (Phi) is 4.68. The van der Waals surface area contributed by atoms with Gasteiger partial charge in [0.1, 0.15) is 11.9 Å². The third kappa shape index (κ3) is 3.21. The van der Waals surface area contributed by atoms with Crippen LogP contribution in [0.3, 0.4) is 0 Å². The molecule has 4 rings (SSSR count). The fraction of sp³-hybridized carbons (Fsp3) is 0.0952. The highest BCUT2D eigenvalue weighted by atomic mass is 35.5. The van der Waals surface area contributed by atoms with Gasteiger partial charge in [0, 0.05) is 10.0 Å². The number of imidazole rings is 1. The van der Waals surface area contributed by atoms with Crippen molar-refractivity contribution in [3.63, 3.8) is 0 Å². The third-order valence-electron chi connectivity index (χ3n) is 4.39. The Morgan fingerprint density at radius 3 is 2.42 bits per heavy atom. The van der Waals surface area contributed by atoms with Crippen LogP contribution in [0.2, 0.25) is 10.0 Å². The molecule has 0 saturated carbocycles. The Balaban J connectivity index is 1.84. The summed E-state index contributed by atoms with van der Waals surface area (Å²) < 4.78 is 2.00. The molecule has 0 aliphatic heterocycles. The lowest BCUT2D eigenvalue weighted by atomic mass is 10.1. The lowest BCUT2D eigenvalue weighted by molar-refractivity contribution is 0.206. The average Bonchev–Trinajstić information content (AvgIpc) is 3.02. The second-order valence-corrected chi connectivity index (χ2v) is 6.94. The first-order valence-corrected chi connectivity index (χ1v) is 9.01. The molecule has 0 spiro atoms. The summed E-state index contributed by atoms with van der Waals surface area (Å²) in [6, 6.07) is 22.8. The molecule has 5 heteroatoms. The van der Waals surface area contributed by atoms with Gasteiger partial charge in [-0.05, 0) is 35.4 Å². The zero-order valence-corrected chi connectivity index (χ0v) is 15.3. The molecule has 0 aliphatic carbocycles. The van der Waals surface area contributed by atoms with E-state index in [-0.39, 0.29) is 0 Å². The van der Waals surface area contributed by atoms with E-state index < -0.39 is 6.10 Å². The molecule has 1 N–H and O–H groups in total. The van der Waals surface area contributed by atoms with Crippen molar-refractivity contribution < 1.29 is 5.11 Å². The van der Waals surface area contributed by atoms with Gasteiger partial charge in [-0.2, -0.15) is 0 Å². The minimum absolute atomic E-state index is 0.496. The van der Waals surface area contributed by atoms with Gasteiger partial charge in [0.15, 0.2) is 0 Å². The normalized spacial score (nSPS) is 12.4. The molecule has 0 amide bonds. The number of hydrogen-bond acceptors (Lipinski definition) is 2. The summed E-state index contributed by atoms with van der Waals surface area (Å²) in [4.78, 5) is 4.68. The molecule has 3 aromatic carbocycles. The van der Waals surface area contributed by atoms with Crippen LogP contribution in [0.1, 0.15) is 23.1 Å². The number of halogens is 2. The molecule has 1 heterocycles. The number of benzene rings is 3. The first-order valence-electron chi connectivity index (χ1n) is 8.25. The minimum atomic E-state index is -0.824.